The van der Waals surface area contributed by atoms with Gasteiger partial charge in [0.2, 0.25) is 0 Å². The van der Waals surface area contributed by atoms with Crippen LogP contribution in [0.15, 0.2) is 71.8 Å². The van der Waals surface area contributed by atoms with E-state index in [9.17, 15) is 13.2 Å². The van der Waals surface area contributed by atoms with Crippen LogP contribution in [0.2, 0.25) is 0 Å². The molecule has 5 rings (SSSR count). The molecule has 0 radical (unpaired) electrons. The summed E-state index contributed by atoms with van der Waals surface area (Å²) < 4.78 is 32.6. The minimum Gasteiger partial charge on any atom is -0.497 e. The van der Waals surface area contributed by atoms with Crippen molar-refractivity contribution in [3.63, 3.8) is 0 Å². The van der Waals surface area contributed by atoms with Gasteiger partial charge in [-0.2, -0.15) is 17.6 Å². The Morgan fingerprint density at radius 1 is 1.09 bits per heavy atom. The number of fused-ring (bicyclic) bond motifs is 1. The van der Waals surface area contributed by atoms with Gasteiger partial charge in [0.15, 0.2) is 0 Å². The number of amides is 1. The van der Waals surface area contributed by atoms with E-state index in [1.165, 1.54) is 25.4 Å². The van der Waals surface area contributed by atoms with Crippen molar-refractivity contribution in [3.8, 4) is 16.9 Å². The SMILES string of the molecule is COc1cccc(S(=O)(=O)n2ncc3cc(-c4cc(C(=O)NC5CC5)ccc4C)ccc32)c1. The minimum absolute atomic E-state index is 0.0722. The molecule has 1 N–H and O–H groups in total. The smallest absolute Gasteiger partial charge is 0.283 e. The van der Waals surface area contributed by atoms with Gasteiger partial charge in [0.05, 0.1) is 23.7 Å². The van der Waals surface area contributed by atoms with Gasteiger partial charge in [0.25, 0.3) is 15.9 Å². The highest BCUT2D eigenvalue weighted by Gasteiger charge is 2.24. The molecule has 1 amide bonds. The van der Waals surface area contributed by atoms with E-state index in [1.54, 1.807) is 18.2 Å². The maximum Gasteiger partial charge on any atom is 0.283 e. The Hall–Kier alpha value is -3.65. The summed E-state index contributed by atoms with van der Waals surface area (Å²) in [6, 6.07) is 17.7. The molecule has 0 saturated heterocycles. The Labute approximate surface area is 192 Å². The number of benzene rings is 3. The van der Waals surface area contributed by atoms with Crippen LogP contribution in [0.25, 0.3) is 22.0 Å². The van der Waals surface area contributed by atoms with Gasteiger partial charge in [0.1, 0.15) is 5.75 Å². The maximum atomic E-state index is 13.2. The number of hydrogen-bond donors (Lipinski definition) is 1. The highest BCUT2D eigenvalue weighted by molar-refractivity contribution is 7.90. The molecule has 0 aliphatic heterocycles. The molecule has 168 valence electrons. The quantitative estimate of drug-likeness (QED) is 0.466. The first kappa shape index (κ1) is 21.2. The molecule has 1 aromatic heterocycles. The molecular weight excluding hydrogens is 438 g/mol. The van der Waals surface area contributed by atoms with Gasteiger partial charge in [-0.25, -0.2) is 0 Å². The summed E-state index contributed by atoms with van der Waals surface area (Å²) in [6.45, 7) is 1.98. The minimum atomic E-state index is -3.89. The molecule has 4 aromatic rings. The van der Waals surface area contributed by atoms with Crippen LogP contribution in [0.3, 0.4) is 0 Å². The number of hydrogen-bond acceptors (Lipinski definition) is 5. The van der Waals surface area contributed by atoms with E-state index in [2.05, 4.69) is 10.4 Å². The molecule has 0 atom stereocenters. The number of carbonyl (C=O) groups excluding carboxylic acids is 1. The van der Waals surface area contributed by atoms with Crippen LogP contribution >= 0.6 is 0 Å². The second kappa shape index (κ2) is 8.04. The molecule has 7 nitrogen and oxygen atoms in total. The molecule has 1 aliphatic carbocycles. The van der Waals surface area contributed by atoms with Gasteiger partial charge < -0.3 is 10.1 Å². The monoisotopic (exact) mass is 461 g/mol. The summed E-state index contributed by atoms with van der Waals surface area (Å²) in [5.41, 5.74) is 3.91. The Kier molecular flexibility index (Phi) is 5.17. The molecule has 8 heteroatoms. The first-order valence-electron chi connectivity index (χ1n) is 10.7. The van der Waals surface area contributed by atoms with Crippen molar-refractivity contribution in [3.05, 3.63) is 78.0 Å². The van der Waals surface area contributed by atoms with Gasteiger partial charge in [-0.05, 0) is 72.9 Å². The maximum absolute atomic E-state index is 13.2. The number of aryl methyl sites for hydroxylation is 1. The Morgan fingerprint density at radius 3 is 2.67 bits per heavy atom. The largest absolute Gasteiger partial charge is 0.497 e. The molecule has 1 heterocycles. The predicted octanol–water partition coefficient (Wildman–Crippen LogP) is 4.15. The van der Waals surface area contributed by atoms with E-state index < -0.39 is 10.0 Å². The van der Waals surface area contributed by atoms with Gasteiger partial charge in [-0.15, -0.1) is 0 Å². The summed E-state index contributed by atoms with van der Waals surface area (Å²) in [7, 11) is -2.40. The molecule has 0 spiro atoms. The third-order valence-corrected chi connectivity index (χ3v) is 7.42. The van der Waals surface area contributed by atoms with Crippen molar-refractivity contribution >= 4 is 26.8 Å². The molecule has 33 heavy (non-hydrogen) atoms. The van der Waals surface area contributed by atoms with E-state index in [4.69, 9.17) is 4.74 Å². The van der Waals surface area contributed by atoms with Crippen LogP contribution in [0.4, 0.5) is 0 Å². The van der Waals surface area contributed by atoms with Crippen LogP contribution in [0.5, 0.6) is 5.75 Å². The lowest BCUT2D eigenvalue weighted by molar-refractivity contribution is 0.0951. The molecular formula is C25H23N3O4S. The van der Waals surface area contributed by atoms with Crippen molar-refractivity contribution in [1.29, 1.82) is 0 Å². The molecule has 0 unspecified atom stereocenters. The van der Waals surface area contributed by atoms with Crippen LogP contribution < -0.4 is 10.1 Å². The van der Waals surface area contributed by atoms with E-state index >= 15 is 0 Å². The second-order valence-corrected chi connectivity index (χ2v) is 9.99. The lowest BCUT2D eigenvalue weighted by atomic mass is 9.97. The average molecular weight is 462 g/mol. The van der Waals surface area contributed by atoms with Crippen LogP contribution in [-0.4, -0.2) is 36.7 Å². The topological polar surface area (TPSA) is 90.3 Å². The number of ether oxygens (including phenoxy) is 1. The highest BCUT2D eigenvalue weighted by atomic mass is 32.2. The summed E-state index contributed by atoms with van der Waals surface area (Å²) in [6.07, 6.45) is 3.60. The van der Waals surface area contributed by atoms with Crippen molar-refractivity contribution in [2.75, 3.05) is 7.11 Å². The van der Waals surface area contributed by atoms with Crippen LogP contribution in [0, 0.1) is 6.92 Å². The van der Waals surface area contributed by atoms with Crippen LogP contribution in [-0.2, 0) is 10.0 Å². The summed E-state index contributed by atoms with van der Waals surface area (Å²) in [5, 5.41) is 7.87. The van der Waals surface area contributed by atoms with Gasteiger partial charge >= 0.3 is 0 Å². The van der Waals surface area contributed by atoms with Gasteiger partial charge in [-0.1, -0.05) is 18.2 Å². The van der Waals surface area contributed by atoms with E-state index in [1.807, 2.05) is 37.3 Å². The number of methoxy groups -OCH3 is 1. The zero-order valence-electron chi connectivity index (χ0n) is 18.3. The molecule has 1 fully saturated rings. The van der Waals surface area contributed by atoms with Crippen molar-refractivity contribution < 1.29 is 17.9 Å². The summed E-state index contributed by atoms with van der Waals surface area (Å²) in [5.74, 6) is 0.382. The van der Waals surface area contributed by atoms with E-state index in [0.717, 1.165) is 33.6 Å². The third kappa shape index (κ3) is 3.98. The zero-order valence-corrected chi connectivity index (χ0v) is 19.1. The number of aromatic nitrogens is 2. The Balaban J connectivity index is 1.53. The molecule has 3 aromatic carbocycles. The van der Waals surface area contributed by atoms with Crippen molar-refractivity contribution in [2.24, 2.45) is 0 Å². The van der Waals surface area contributed by atoms with E-state index in [0.29, 0.717) is 22.2 Å². The number of carbonyl (C=O) groups is 1. The van der Waals surface area contributed by atoms with Crippen molar-refractivity contribution in [1.82, 2.24) is 14.5 Å². The van der Waals surface area contributed by atoms with Gasteiger partial charge in [0, 0.05) is 23.1 Å². The molecule has 0 bridgehead atoms. The summed E-state index contributed by atoms with van der Waals surface area (Å²) >= 11 is 0. The Bertz CT molecular complexity index is 1490. The molecule has 1 saturated carbocycles. The standard InChI is InChI=1S/C25H23N3O4S/c1-16-6-7-18(25(29)27-20-9-10-20)13-23(16)17-8-11-24-19(12-17)15-26-28(24)33(30,31)22-5-3-4-21(14-22)32-2/h3-8,11-15,20H,9-10H2,1-2H3,(H,27,29). The zero-order chi connectivity index (χ0) is 23.2. The second-order valence-electron chi connectivity index (χ2n) is 8.22. The first-order chi connectivity index (χ1) is 15.9. The number of nitrogens with one attached hydrogen (secondary N) is 1. The predicted molar refractivity (Wildman–Crippen MR) is 126 cm³/mol. The highest BCUT2D eigenvalue weighted by Crippen LogP contribution is 2.30. The third-order valence-electron chi connectivity index (χ3n) is 5.83. The Morgan fingerprint density at radius 2 is 1.91 bits per heavy atom. The van der Waals surface area contributed by atoms with Crippen LogP contribution in [0.1, 0.15) is 28.8 Å². The fourth-order valence-corrected chi connectivity index (χ4v) is 5.11. The number of rotatable bonds is 6. The van der Waals surface area contributed by atoms with Gasteiger partial charge in [-0.3, -0.25) is 4.79 Å². The number of nitrogens with zero attached hydrogens (tertiary/aromatic N) is 2. The fraction of sp³-hybridized carbons (Fsp3) is 0.200. The molecule has 1 aliphatic rings. The van der Waals surface area contributed by atoms with E-state index in [-0.39, 0.29) is 16.8 Å². The lowest BCUT2D eigenvalue weighted by Gasteiger charge is -2.11. The fourth-order valence-electron chi connectivity index (χ4n) is 3.80. The summed E-state index contributed by atoms with van der Waals surface area (Å²) in [4.78, 5) is 12.6. The average Bonchev–Trinajstić information content (AvgIpc) is 3.53. The first-order valence-corrected chi connectivity index (χ1v) is 12.1. The lowest BCUT2D eigenvalue weighted by Crippen LogP contribution is -2.25. The van der Waals surface area contributed by atoms with Crippen molar-refractivity contribution in [2.45, 2.75) is 30.7 Å². The normalized spacial score (nSPS) is 13.8.